The minimum atomic E-state index is -0.416. The minimum absolute atomic E-state index is 0.0422. The highest BCUT2D eigenvalue weighted by Gasteiger charge is 2.09. The molecule has 86 valence electrons. The van der Waals surface area contributed by atoms with Gasteiger partial charge in [0, 0.05) is 16.5 Å². The predicted molar refractivity (Wildman–Crippen MR) is 65.0 cm³/mol. The average Bonchev–Trinajstić information content (AvgIpc) is 2.83. The van der Waals surface area contributed by atoms with Gasteiger partial charge >= 0.3 is 0 Å². The molecule has 0 spiro atoms. The molecule has 0 aliphatic carbocycles. The monoisotopic (exact) mass is 248 g/mol. The van der Waals surface area contributed by atoms with Gasteiger partial charge in [0.2, 0.25) is 0 Å². The fourth-order valence-electron chi connectivity index (χ4n) is 1.27. The molecule has 0 fully saturated rings. The molecule has 1 aromatic heterocycles. The quantitative estimate of drug-likeness (QED) is 0.623. The molecule has 17 heavy (non-hydrogen) atoms. The van der Waals surface area contributed by atoms with Gasteiger partial charge < -0.3 is 5.32 Å². The highest BCUT2D eigenvalue weighted by Crippen LogP contribution is 2.07. The fourth-order valence-corrected chi connectivity index (χ4v) is 1.91. The molecule has 0 unspecified atom stereocenters. The summed E-state index contributed by atoms with van der Waals surface area (Å²) in [6.07, 6.45) is 0. The van der Waals surface area contributed by atoms with Crippen LogP contribution in [-0.2, 0) is 0 Å². The van der Waals surface area contributed by atoms with Crippen molar-refractivity contribution < 1.29 is 9.18 Å². The zero-order valence-corrected chi connectivity index (χ0v) is 9.55. The van der Waals surface area contributed by atoms with Crippen LogP contribution in [0.5, 0.6) is 0 Å². The first-order chi connectivity index (χ1) is 8.16. The van der Waals surface area contributed by atoms with Crippen molar-refractivity contribution >= 4 is 23.1 Å². The van der Waals surface area contributed by atoms with Crippen molar-refractivity contribution in [3.63, 3.8) is 0 Å². The molecule has 5 heteroatoms. The van der Waals surface area contributed by atoms with Crippen molar-refractivity contribution in [2.45, 2.75) is 0 Å². The van der Waals surface area contributed by atoms with Crippen LogP contribution < -0.4 is 5.32 Å². The number of amidine groups is 1. The van der Waals surface area contributed by atoms with Gasteiger partial charge in [-0.15, -0.1) is 0 Å². The number of halogens is 1. The Morgan fingerprint density at radius 3 is 2.47 bits per heavy atom. The zero-order valence-electron chi connectivity index (χ0n) is 8.74. The first-order valence-electron chi connectivity index (χ1n) is 4.85. The Balaban J connectivity index is 2.07. The van der Waals surface area contributed by atoms with Gasteiger partial charge in [0.25, 0.3) is 5.91 Å². The van der Waals surface area contributed by atoms with E-state index in [0.29, 0.717) is 11.1 Å². The number of rotatable bonds is 2. The minimum Gasteiger partial charge on any atom is -0.307 e. The molecular formula is C12H9FN2OS. The first-order valence-corrected chi connectivity index (χ1v) is 5.79. The summed E-state index contributed by atoms with van der Waals surface area (Å²) < 4.78 is 12.7. The largest absolute Gasteiger partial charge is 0.307 e. The number of carbonyl (C=O) groups excluding carboxylic acids is 1. The van der Waals surface area contributed by atoms with Crippen LogP contribution in [0, 0.1) is 11.2 Å². The smallest absolute Gasteiger partial charge is 0.256 e. The molecule has 0 aliphatic rings. The summed E-state index contributed by atoms with van der Waals surface area (Å²) in [6.45, 7) is 0. The maximum absolute atomic E-state index is 12.7. The van der Waals surface area contributed by atoms with E-state index in [4.69, 9.17) is 5.41 Å². The van der Waals surface area contributed by atoms with Crippen LogP contribution in [-0.4, -0.2) is 11.7 Å². The van der Waals surface area contributed by atoms with E-state index in [-0.39, 0.29) is 5.84 Å². The van der Waals surface area contributed by atoms with Crippen molar-refractivity contribution in [3.8, 4) is 0 Å². The molecule has 0 radical (unpaired) electrons. The molecule has 0 bridgehead atoms. The molecule has 1 aromatic carbocycles. The lowest BCUT2D eigenvalue weighted by molar-refractivity contribution is 0.0977. The molecule has 2 aromatic rings. The van der Waals surface area contributed by atoms with Gasteiger partial charge in [0.05, 0.1) is 0 Å². The van der Waals surface area contributed by atoms with Crippen LogP contribution in [0.3, 0.4) is 0 Å². The van der Waals surface area contributed by atoms with Gasteiger partial charge in [-0.2, -0.15) is 11.3 Å². The summed E-state index contributed by atoms with van der Waals surface area (Å²) in [5.41, 5.74) is 0.983. The van der Waals surface area contributed by atoms with E-state index in [1.165, 1.54) is 35.6 Å². The number of hydrogen-bond acceptors (Lipinski definition) is 3. The van der Waals surface area contributed by atoms with Crippen molar-refractivity contribution in [2.24, 2.45) is 0 Å². The molecule has 2 rings (SSSR count). The zero-order chi connectivity index (χ0) is 12.3. The lowest BCUT2D eigenvalue weighted by Crippen LogP contribution is -2.30. The third-order valence-corrected chi connectivity index (χ3v) is 2.84. The highest BCUT2D eigenvalue weighted by molar-refractivity contribution is 7.08. The second-order valence-corrected chi connectivity index (χ2v) is 4.13. The SMILES string of the molecule is N=C(NC(=O)c1ccc(F)cc1)c1ccsc1. The molecule has 0 atom stereocenters. The summed E-state index contributed by atoms with van der Waals surface area (Å²) >= 11 is 1.45. The summed E-state index contributed by atoms with van der Waals surface area (Å²) in [7, 11) is 0. The number of hydrogen-bond donors (Lipinski definition) is 2. The maximum atomic E-state index is 12.7. The molecule has 0 saturated carbocycles. The Morgan fingerprint density at radius 1 is 1.18 bits per heavy atom. The van der Waals surface area contributed by atoms with Gasteiger partial charge in [0.1, 0.15) is 11.7 Å². The molecule has 0 aliphatic heterocycles. The van der Waals surface area contributed by atoms with E-state index in [1.807, 2.05) is 5.38 Å². The fraction of sp³-hybridized carbons (Fsp3) is 0. The van der Waals surface area contributed by atoms with Gasteiger partial charge in [-0.25, -0.2) is 4.39 Å². The third kappa shape index (κ3) is 2.76. The van der Waals surface area contributed by atoms with E-state index in [2.05, 4.69) is 5.32 Å². The summed E-state index contributed by atoms with van der Waals surface area (Å²) in [5, 5.41) is 13.7. The normalized spacial score (nSPS) is 9.94. The van der Waals surface area contributed by atoms with Crippen molar-refractivity contribution in [1.29, 1.82) is 5.41 Å². The Bertz CT molecular complexity index is 534. The van der Waals surface area contributed by atoms with Crippen molar-refractivity contribution in [3.05, 3.63) is 58.0 Å². The standard InChI is InChI=1S/C12H9FN2OS/c13-10-3-1-8(2-4-10)12(16)15-11(14)9-5-6-17-7-9/h1-7H,(H2,14,15,16). The van der Waals surface area contributed by atoms with E-state index >= 15 is 0 Å². The summed E-state index contributed by atoms with van der Waals surface area (Å²) in [4.78, 5) is 11.7. The number of amides is 1. The van der Waals surface area contributed by atoms with Crippen LogP contribution in [0.2, 0.25) is 0 Å². The molecule has 2 N–H and O–H groups in total. The second kappa shape index (κ2) is 4.88. The van der Waals surface area contributed by atoms with E-state index in [1.54, 1.807) is 11.4 Å². The number of nitrogens with one attached hydrogen (secondary N) is 2. The Labute approximate surface area is 101 Å². The summed E-state index contributed by atoms with van der Waals surface area (Å²) in [5.74, 6) is -0.767. The van der Waals surface area contributed by atoms with Crippen molar-refractivity contribution in [2.75, 3.05) is 0 Å². The van der Waals surface area contributed by atoms with Gasteiger partial charge in [0.15, 0.2) is 0 Å². The summed E-state index contributed by atoms with van der Waals surface area (Å²) in [6, 6.07) is 6.93. The maximum Gasteiger partial charge on any atom is 0.256 e. The Kier molecular flexibility index (Phi) is 3.30. The number of thiophene rings is 1. The predicted octanol–water partition coefficient (Wildman–Crippen LogP) is 2.64. The molecule has 1 amide bonds. The van der Waals surface area contributed by atoms with Crippen molar-refractivity contribution in [1.82, 2.24) is 5.32 Å². The lowest BCUT2D eigenvalue weighted by atomic mass is 10.2. The Hall–Kier alpha value is -2.01. The van der Waals surface area contributed by atoms with Crippen LogP contribution >= 0.6 is 11.3 Å². The van der Waals surface area contributed by atoms with Crippen LogP contribution in [0.1, 0.15) is 15.9 Å². The average molecular weight is 248 g/mol. The van der Waals surface area contributed by atoms with Gasteiger partial charge in [-0.3, -0.25) is 10.2 Å². The highest BCUT2D eigenvalue weighted by atomic mass is 32.1. The van der Waals surface area contributed by atoms with Crippen LogP contribution in [0.4, 0.5) is 4.39 Å². The number of benzene rings is 1. The number of carbonyl (C=O) groups is 1. The van der Waals surface area contributed by atoms with Crippen LogP contribution in [0.15, 0.2) is 41.1 Å². The molecule has 1 heterocycles. The van der Waals surface area contributed by atoms with Crippen LogP contribution in [0.25, 0.3) is 0 Å². The topological polar surface area (TPSA) is 53.0 Å². The lowest BCUT2D eigenvalue weighted by Gasteiger charge is -2.04. The van der Waals surface area contributed by atoms with Gasteiger partial charge in [-0.1, -0.05) is 0 Å². The molecule has 3 nitrogen and oxygen atoms in total. The van der Waals surface area contributed by atoms with E-state index in [0.717, 1.165) is 0 Å². The molecular weight excluding hydrogens is 239 g/mol. The van der Waals surface area contributed by atoms with E-state index < -0.39 is 11.7 Å². The molecule has 0 saturated heterocycles. The first kappa shape index (κ1) is 11.5. The van der Waals surface area contributed by atoms with E-state index in [9.17, 15) is 9.18 Å². The third-order valence-electron chi connectivity index (χ3n) is 2.15. The van der Waals surface area contributed by atoms with Gasteiger partial charge in [-0.05, 0) is 35.7 Å². The second-order valence-electron chi connectivity index (χ2n) is 3.35. The Morgan fingerprint density at radius 2 is 1.88 bits per heavy atom.